The number of nitrogens with zero attached hydrogens (tertiary/aromatic N) is 4. The maximum Gasteiger partial charge on any atom is 0.255 e. The van der Waals surface area contributed by atoms with Crippen molar-refractivity contribution >= 4 is 28.7 Å². The van der Waals surface area contributed by atoms with Gasteiger partial charge in [-0.1, -0.05) is 42.3 Å². The van der Waals surface area contributed by atoms with E-state index in [0.717, 1.165) is 5.56 Å². The van der Waals surface area contributed by atoms with E-state index < -0.39 is 0 Å². The molecule has 0 unspecified atom stereocenters. The van der Waals surface area contributed by atoms with Gasteiger partial charge >= 0.3 is 0 Å². The Hall–Kier alpha value is -4.12. The number of nitrogens with two attached hydrogens (primary N) is 1. The van der Waals surface area contributed by atoms with E-state index >= 15 is 0 Å². The van der Waals surface area contributed by atoms with Gasteiger partial charge in [0.05, 0.1) is 23.0 Å². The van der Waals surface area contributed by atoms with Crippen molar-refractivity contribution in [3.8, 4) is 11.8 Å². The summed E-state index contributed by atoms with van der Waals surface area (Å²) < 4.78 is 1.96. The number of allylic oxidation sites excluding steroid dienone is 1. The number of rotatable bonds is 5. The molecule has 1 aromatic carbocycles. The lowest BCUT2D eigenvalue weighted by Gasteiger charge is -2.19. The van der Waals surface area contributed by atoms with Gasteiger partial charge in [-0.05, 0) is 51.7 Å². The van der Waals surface area contributed by atoms with Crippen LogP contribution in [0.1, 0.15) is 67.8 Å². The van der Waals surface area contributed by atoms with Crippen LogP contribution in [0.5, 0.6) is 0 Å². The summed E-state index contributed by atoms with van der Waals surface area (Å²) in [5.41, 5.74) is 8.72. The van der Waals surface area contributed by atoms with Crippen molar-refractivity contribution < 1.29 is 9.59 Å². The van der Waals surface area contributed by atoms with Gasteiger partial charge in [-0.15, -0.1) is 0 Å². The second-order valence-corrected chi connectivity index (χ2v) is 8.76. The van der Waals surface area contributed by atoms with Crippen molar-refractivity contribution in [1.29, 1.82) is 0 Å². The number of nitrogen functional groups attached to an aromatic ring is 1. The first kappa shape index (κ1) is 24.0. The second-order valence-electron chi connectivity index (χ2n) is 8.76. The smallest absolute Gasteiger partial charge is 0.255 e. The fraction of sp³-hybridized carbons (Fsp3) is 0.333. The normalized spacial score (nSPS) is 18.5. The number of carbonyl (C=O) groups excluding carboxylic acids is 2. The Kier molecular flexibility index (Phi) is 6.87. The van der Waals surface area contributed by atoms with E-state index in [1.807, 2.05) is 60.6 Å². The van der Waals surface area contributed by atoms with Gasteiger partial charge in [0.15, 0.2) is 0 Å². The first-order chi connectivity index (χ1) is 16.9. The molecule has 4 rings (SSSR count). The molecule has 8 nitrogen and oxygen atoms in total. The van der Waals surface area contributed by atoms with Crippen LogP contribution in [0, 0.1) is 11.8 Å². The summed E-state index contributed by atoms with van der Waals surface area (Å²) in [7, 11) is 0. The topological polar surface area (TPSA) is 106 Å². The molecule has 0 radical (unpaired) electrons. The number of carbonyl (C=O) groups is 2. The van der Waals surface area contributed by atoms with Gasteiger partial charge < -0.3 is 20.5 Å². The first-order valence-corrected chi connectivity index (χ1v) is 11.7. The molecular formula is C27H30N6O2. The van der Waals surface area contributed by atoms with Gasteiger partial charge in [0.1, 0.15) is 23.5 Å². The Labute approximate surface area is 205 Å². The van der Waals surface area contributed by atoms with Crippen molar-refractivity contribution in [2.75, 3.05) is 12.3 Å². The van der Waals surface area contributed by atoms with Crippen molar-refractivity contribution in [3.05, 3.63) is 65.6 Å². The highest BCUT2D eigenvalue weighted by molar-refractivity contribution is 6.12. The molecule has 0 saturated carbocycles. The van der Waals surface area contributed by atoms with Gasteiger partial charge in [0.2, 0.25) is 5.91 Å². The lowest BCUT2D eigenvalue weighted by molar-refractivity contribution is -0.126. The van der Waals surface area contributed by atoms with E-state index in [9.17, 15) is 9.59 Å². The number of fused-ring (bicyclic) bond motifs is 1. The summed E-state index contributed by atoms with van der Waals surface area (Å²) in [5, 5.41) is 3.56. The maximum absolute atomic E-state index is 13.7. The zero-order chi connectivity index (χ0) is 25.1. The van der Waals surface area contributed by atoms with Crippen LogP contribution in [-0.4, -0.2) is 43.8 Å². The van der Waals surface area contributed by atoms with Gasteiger partial charge in [0, 0.05) is 12.6 Å². The minimum atomic E-state index is -0.294. The SMILES string of the molecule is CC#Cc1c(C(=O)N[C@H](C)c2ccccc2)c2c(N)ncnc2n1[C@@H]1C[C@H](C)N(C(=O)/C=C/C)C1. The quantitative estimate of drug-likeness (QED) is 0.438. The largest absolute Gasteiger partial charge is 0.383 e. The molecule has 0 spiro atoms. The molecule has 1 aliphatic heterocycles. The summed E-state index contributed by atoms with van der Waals surface area (Å²) in [6.45, 7) is 7.99. The van der Waals surface area contributed by atoms with Crippen LogP contribution in [0.25, 0.3) is 11.0 Å². The number of hydrogen-bond acceptors (Lipinski definition) is 5. The average molecular weight is 471 g/mol. The van der Waals surface area contributed by atoms with Gasteiger partial charge in [-0.25, -0.2) is 9.97 Å². The van der Waals surface area contributed by atoms with Crippen molar-refractivity contribution in [2.24, 2.45) is 0 Å². The van der Waals surface area contributed by atoms with Crippen LogP contribution in [0.2, 0.25) is 0 Å². The zero-order valence-corrected chi connectivity index (χ0v) is 20.4. The van der Waals surface area contributed by atoms with Gasteiger partial charge in [0.25, 0.3) is 5.91 Å². The number of benzene rings is 1. The van der Waals surface area contributed by atoms with Crippen LogP contribution in [0.3, 0.4) is 0 Å². The minimum Gasteiger partial charge on any atom is -0.383 e. The number of nitrogens with one attached hydrogen (secondary N) is 1. The molecule has 1 saturated heterocycles. The molecule has 2 aromatic heterocycles. The fourth-order valence-electron chi connectivity index (χ4n) is 4.80. The number of hydrogen-bond donors (Lipinski definition) is 2. The Balaban J connectivity index is 1.82. The van der Waals surface area contributed by atoms with Crippen molar-refractivity contribution in [2.45, 2.75) is 52.2 Å². The summed E-state index contributed by atoms with van der Waals surface area (Å²) in [6, 6.07) is 9.43. The Morgan fingerprint density at radius 2 is 2.00 bits per heavy atom. The fourth-order valence-corrected chi connectivity index (χ4v) is 4.80. The lowest BCUT2D eigenvalue weighted by atomic mass is 10.1. The summed E-state index contributed by atoms with van der Waals surface area (Å²) in [4.78, 5) is 36.8. The third-order valence-electron chi connectivity index (χ3n) is 6.44. The molecule has 1 fully saturated rings. The Morgan fingerprint density at radius 3 is 2.69 bits per heavy atom. The molecule has 3 N–H and O–H groups in total. The van der Waals surface area contributed by atoms with E-state index in [2.05, 4.69) is 27.1 Å². The van der Waals surface area contributed by atoms with Crippen LogP contribution < -0.4 is 11.1 Å². The van der Waals surface area contributed by atoms with Crippen LogP contribution in [0.4, 0.5) is 5.82 Å². The molecule has 3 atom stereocenters. The third kappa shape index (κ3) is 4.50. The standard InChI is InChI=1S/C27H30N6O2/c1-5-10-21-23(27(35)31-18(4)19-12-8-7-9-13-19)24-25(28)29-16-30-26(24)33(21)20-14-17(3)32(15-20)22(34)11-6-2/h6-9,11-13,16-18,20H,14-15H2,1-4H3,(H,31,35)(H2,28,29,30)/b11-6+/t17-,18+,20+/m0/s1. The third-order valence-corrected chi connectivity index (χ3v) is 6.44. The molecule has 8 heteroatoms. The van der Waals surface area contributed by atoms with Crippen molar-refractivity contribution in [3.63, 3.8) is 0 Å². The van der Waals surface area contributed by atoms with Crippen LogP contribution >= 0.6 is 0 Å². The highest BCUT2D eigenvalue weighted by Gasteiger charge is 2.36. The van der Waals surface area contributed by atoms with Crippen molar-refractivity contribution in [1.82, 2.24) is 24.8 Å². The number of anilines is 1. The van der Waals surface area contributed by atoms with Gasteiger partial charge in [-0.3, -0.25) is 9.59 Å². The van der Waals surface area contributed by atoms with Crippen LogP contribution in [-0.2, 0) is 4.79 Å². The summed E-state index contributed by atoms with van der Waals surface area (Å²) in [6.07, 6.45) is 5.42. The number of aromatic nitrogens is 3. The molecule has 0 bridgehead atoms. The molecule has 35 heavy (non-hydrogen) atoms. The molecule has 180 valence electrons. The molecule has 3 aromatic rings. The Bertz CT molecular complexity index is 1350. The monoisotopic (exact) mass is 470 g/mol. The number of amides is 2. The highest BCUT2D eigenvalue weighted by atomic mass is 16.2. The minimum absolute atomic E-state index is 0.0261. The molecule has 3 heterocycles. The van der Waals surface area contributed by atoms with E-state index in [1.165, 1.54) is 6.33 Å². The van der Waals surface area contributed by atoms with Crippen LogP contribution in [0.15, 0.2) is 48.8 Å². The summed E-state index contributed by atoms with van der Waals surface area (Å²) in [5.74, 6) is 5.96. The summed E-state index contributed by atoms with van der Waals surface area (Å²) >= 11 is 0. The molecule has 1 aliphatic rings. The van der Waals surface area contributed by atoms with E-state index in [0.29, 0.717) is 35.3 Å². The van der Waals surface area contributed by atoms with E-state index in [1.54, 1.807) is 19.1 Å². The highest BCUT2D eigenvalue weighted by Crippen LogP contribution is 2.36. The Morgan fingerprint density at radius 1 is 1.26 bits per heavy atom. The van der Waals surface area contributed by atoms with Gasteiger partial charge in [-0.2, -0.15) is 0 Å². The molecular weight excluding hydrogens is 440 g/mol. The predicted octanol–water partition coefficient (Wildman–Crippen LogP) is 3.61. The number of likely N-dealkylation sites (tertiary alicyclic amines) is 1. The second kappa shape index (κ2) is 10.0. The lowest BCUT2D eigenvalue weighted by Crippen LogP contribution is -2.32. The predicted molar refractivity (Wildman–Crippen MR) is 136 cm³/mol. The van der Waals surface area contributed by atoms with E-state index in [4.69, 9.17) is 5.73 Å². The molecule has 2 amide bonds. The average Bonchev–Trinajstić information content (AvgIpc) is 3.38. The maximum atomic E-state index is 13.7. The molecule has 0 aliphatic carbocycles. The van der Waals surface area contributed by atoms with E-state index in [-0.39, 0.29) is 35.8 Å². The zero-order valence-electron chi connectivity index (χ0n) is 20.4. The first-order valence-electron chi connectivity index (χ1n) is 11.7.